The molecule has 1 atom stereocenters. The molecule has 1 aliphatic heterocycles. The fraction of sp³-hybridized carbons (Fsp3) is 0.333. The molecule has 0 saturated carbocycles. The van der Waals surface area contributed by atoms with Crippen molar-refractivity contribution in [2.75, 3.05) is 13.7 Å². The maximum absolute atomic E-state index is 10.4. The van der Waals surface area contributed by atoms with Crippen molar-refractivity contribution in [2.24, 2.45) is 0 Å². The van der Waals surface area contributed by atoms with Gasteiger partial charge in [0, 0.05) is 22.4 Å². The quantitative estimate of drug-likeness (QED) is 0.852. The Labute approximate surface area is 106 Å². The van der Waals surface area contributed by atoms with Crippen LogP contribution in [-0.2, 0) is 0 Å². The summed E-state index contributed by atoms with van der Waals surface area (Å²) in [6.07, 6.45) is 2.25. The molecule has 3 nitrogen and oxygen atoms in total. The summed E-state index contributed by atoms with van der Waals surface area (Å²) in [7, 11) is 1.65. The lowest BCUT2D eigenvalue weighted by molar-refractivity contribution is 0.419. The van der Waals surface area contributed by atoms with Crippen LogP contribution in [0.25, 0.3) is 10.8 Å². The highest BCUT2D eigenvalue weighted by Crippen LogP contribution is 2.38. The molecule has 3 heteroatoms. The highest BCUT2D eigenvalue weighted by molar-refractivity contribution is 5.94. The van der Waals surface area contributed by atoms with Gasteiger partial charge >= 0.3 is 0 Å². The molecule has 1 saturated heterocycles. The summed E-state index contributed by atoms with van der Waals surface area (Å²) in [5.41, 5.74) is 0.994. The largest absolute Gasteiger partial charge is 0.507 e. The standard InChI is InChI=1S/C15H17NO2/c1-18-14-6-2-4-11-10(14)7-8-12(15(11)17)13-5-3-9-16-13/h2,4,6-8,13,16-17H,3,5,9H2,1H3. The van der Waals surface area contributed by atoms with Gasteiger partial charge in [0.1, 0.15) is 11.5 Å². The molecule has 3 rings (SSSR count). The first-order valence-corrected chi connectivity index (χ1v) is 6.33. The Morgan fingerprint density at radius 2 is 2.11 bits per heavy atom. The number of rotatable bonds is 2. The van der Waals surface area contributed by atoms with Gasteiger partial charge in [-0.15, -0.1) is 0 Å². The zero-order chi connectivity index (χ0) is 12.5. The number of benzene rings is 2. The van der Waals surface area contributed by atoms with Crippen LogP contribution in [0, 0.1) is 0 Å². The van der Waals surface area contributed by atoms with Gasteiger partial charge < -0.3 is 15.2 Å². The Morgan fingerprint density at radius 1 is 1.22 bits per heavy atom. The molecular formula is C15H17NO2. The Bertz CT molecular complexity index is 574. The molecule has 1 unspecified atom stereocenters. The molecule has 0 radical (unpaired) electrons. The average Bonchev–Trinajstić information content (AvgIpc) is 2.92. The summed E-state index contributed by atoms with van der Waals surface area (Å²) in [5, 5.41) is 15.7. The van der Waals surface area contributed by atoms with Gasteiger partial charge in [0.2, 0.25) is 0 Å². The summed E-state index contributed by atoms with van der Waals surface area (Å²) in [6, 6.07) is 10.1. The second kappa shape index (κ2) is 4.50. The zero-order valence-corrected chi connectivity index (χ0v) is 10.4. The second-order valence-electron chi connectivity index (χ2n) is 4.71. The van der Waals surface area contributed by atoms with Gasteiger partial charge in [-0.05, 0) is 25.5 Å². The molecular weight excluding hydrogens is 226 g/mol. The molecule has 1 fully saturated rings. The van der Waals surface area contributed by atoms with Crippen molar-refractivity contribution >= 4 is 10.8 Å². The third-order valence-corrected chi connectivity index (χ3v) is 3.68. The number of methoxy groups -OCH3 is 1. The van der Waals surface area contributed by atoms with E-state index in [0.29, 0.717) is 5.75 Å². The molecule has 0 bridgehead atoms. The summed E-state index contributed by atoms with van der Waals surface area (Å²) in [4.78, 5) is 0. The van der Waals surface area contributed by atoms with E-state index in [1.54, 1.807) is 7.11 Å². The van der Waals surface area contributed by atoms with Crippen molar-refractivity contribution in [3.63, 3.8) is 0 Å². The van der Waals surface area contributed by atoms with Gasteiger partial charge in [-0.3, -0.25) is 0 Å². The van der Waals surface area contributed by atoms with Gasteiger partial charge in [-0.25, -0.2) is 0 Å². The minimum Gasteiger partial charge on any atom is -0.507 e. The molecule has 2 aromatic carbocycles. The van der Waals surface area contributed by atoms with Gasteiger partial charge in [0.15, 0.2) is 0 Å². The lowest BCUT2D eigenvalue weighted by Crippen LogP contribution is -2.12. The Kier molecular flexibility index (Phi) is 2.84. The number of phenolic OH excluding ortho intramolecular Hbond substituents is 1. The van der Waals surface area contributed by atoms with Crippen molar-refractivity contribution in [1.29, 1.82) is 0 Å². The third-order valence-electron chi connectivity index (χ3n) is 3.68. The lowest BCUT2D eigenvalue weighted by atomic mass is 9.99. The first-order chi connectivity index (χ1) is 8.81. The summed E-state index contributed by atoms with van der Waals surface area (Å²) in [5.74, 6) is 1.18. The smallest absolute Gasteiger partial charge is 0.128 e. The van der Waals surface area contributed by atoms with Gasteiger partial charge in [-0.2, -0.15) is 0 Å². The van der Waals surface area contributed by atoms with Crippen LogP contribution >= 0.6 is 0 Å². The van der Waals surface area contributed by atoms with E-state index >= 15 is 0 Å². The summed E-state index contributed by atoms with van der Waals surface area (Å²) < 4.78 is 5.32. The number of ether oxygens (including phenoxy) is 1. The number of hydrogen-bond acceptors (Lipinski definition) is 3. The number of nitrogens with one attached hydrogen (secondary N) is 1. The van der Waals surface area contributed by atoms with Crippen LogP contribution in [0.5, 0.6) is 11.5 Å². The van der Waals surface area contributed by atoms with Gasteiger partial charge in [0.25, 0.3) is 0 Å². The molecule has 1 aliphatic rings. The predicted molar refractivity (Wildman–Crippen MR) is 72.1 cm³/mol. The van der Waals surface area contributed by atoms with E-state index in [4.69, 9.17) is 4.74 Å². The molecule has 18 heavy (non-hydrogen) atoms. The van der Waals surface area contributed by atoms with E-state index in [1.807, 2.05) is 30.3 Å². The Balaban J connectivity index is 2.16. The molecule has 0 amide bonds. The highest BCUT2D eigenvalue weighted by atomic mass is 16.5. The van der Waals surface area contributed by atoms with E-state index in [0.717, 1.165) is 35.1 Å². The number of hydrogen-bond donors (Lipinski definition) is 2. The van der Waals surface area contributed by atoms with E-state index in [9.17, 15) is 5.11 Å². The maximum atomic E-state index is 10.4. The Morgan fingerprint density at radius 3 is 2.83 bits per heavy atom. The van der Waals surface area contributed by atoms with Crippen LogP contribution in [0.4, 0.5) is 0 Å². The van der Waals surface area contributed by atoms with Crippen molar-refractivity contribution in [3.05, 3.63) is 35.9 Å². The van der Waals surface area contributed by atoms with Crippen LogP contribution in [-0.4, -0.2) is 18.8 Å². The topological polar surface area (TPSA) is 41.5 Å². The van der Waals surface area contributed by atoms with Crippen molar-refractivity contribution in [1.82, 2.24) is 5.32 Å². The molecule has 2 aromatic rings. The predicted octanol–water partition coefficient (Wildman–Crippen LogP) is 2.98. The molecule has 0 aliphatic carbocycles. The van der Waals surface area contributed by atoms with Crippen LogP contribution in [0.3, 0.4) is 0 Å². The van der Waals surface area contributed by atoms with Gasteiger partial charge in [0.05, 0.1) is 7.11 Å². The van der Waals surface area contributed by atoms with E-state index in [-0.39, 0.29) is 6.04 Å². The maximum Gasteiger partial charge on any atom is 0.128 e. The number of aromatic hydroxyl groups is 1. The van der Waals surface area contributed by atoms with Crippen molar-refractivity contribution in [3.8, 4) is 11.5 Å². The van der Waals surface area contributed by atoms with Gasteiger partial charge in [-0.1, -0.05) is 24.3 Å². The van der Waals surface area contributed by atoms with E-state index < -0.39 is 0 Å². The molecule has 0 spiro atoms. The normalized spacial score (nSPS) is 19.3. The van der Waals surface area contributed by atoms with Crippen LogP contribution < -0.4 is 10.1 Å². The zero-order valence-electron chi connectivity index (χ0n) is 10.4. The van der Waals surface area contributed by atoms with E-state index in [1.165, 1.54) is 6.42 Å². The van der Waals surface area contributed by atoms with Crippen molar-refractivity contribution in [2.45, 2.75) is 18.9 Å². The van der Waals surface area contributed by atoms with Crippen LogP contribution in [0.1, 0.15) is 24.4 Å². The minimum atomic E-state index is 0.278. The molecule has 2 N–H and O–H groups in total. The summed E-state index contributed by atoms with van der Waals surface area (Å²) in [6.45, 7) is 1.03. The third kappa shape index (κ3) is 1.71. The molecule has 1 heterocycles. The number of phenols is 1. The number of fused-ring (bicyclic) bond motifs is 1. The van der Waals surface area contributed by atoms with Crippen molar-refractivity contribution < 1.29 is 9.84 Å². The molecule has 94 valence electrons. The molecule has 0 aromatic heterocycles. The SMILES string of the molecule is COc1cccc2c(O)c(C3CCCN3)ccc12. The first-order valence-electron chi connectivity index (χ1n) is 6.33. The van der Waals surface area contributed by atoms with E-state index in [2.05, 4.69) is 5.32 Å². The van der Waals surface area contributed by atoms with Crippen LogP contribution in [0.2, 0.25) is 0 Å². The first kappa shape index (κ1) is 11.4. The lowest BCUT2D eigenvalue weighted by Gasteiger charge is -2.15. The highest BCUT2D eigenvalue weighted by Gasteiger charge is 2.20. The second-order valence-corrected chi connectivity index (χ2v) is 4.71. The fourth-order valence-corrected chi connectivity index (χ4v) is 2.74. The summed E-state index contributed by atoms with van der Waals surface area (Å²) >= 11 is 0. The fourth-order valence-electron chi connectivity index (χ4n) is 2.74. The van der Waals surface area contributed by atoms with Crippen LogP contribution in [0.15, 0.2) is 30.3 Å². The monoisotopic (exact) mass is 243 g/mol. The minimum absolute atomic E-state index is 0.278. The average molecular weight is 243 g/mol. The Hall–Kier alpha value is -1.74.